The van der Waals surface area contributed by atoms with Gasteiger partial charge in [0.25, 0.3) is 10.0 Å². The van der Waals surface area contributed by atoms with Crippen LogP contribution in [0, 0.1) is 0 Å². The van der Waals surface area contributed by atoms with Crippen LogP contribution in [0.1, 0.15) is 25.7 Å². The molecule has 1 heterocycles. The van der Waals surface area contributed by atoms with E-state index in [1.54, 1.807) is 6.07 Å². The normalized spacial score (nSPS) is 18.7. The van der Waals surface area contributed by atoms with Gasteiger partial charge in [0.1, 0.15) is 0 Å². The summed E-state index contributed by atoms with van der Waals surface area (Å²) >= 11 is 0. The lowest BCUT2D eigenvalue weighted by Gasteiger charge is -2.39. The molecule has 10 heteroatoms. The van der Waals surface area contributed by atoms with Crippen LogP contribution in [0.4, 0.5) is 11.4 Å². The highest BCUT2D eigenvalue weighted by Gasteiger charge is 2.27. The van der Waals surface area contributed by atoms with Crippen molar-refractivity contribution >= 4 is 31.4 Å². The van der Waals surface area contributed by atoms with Crippen molar-refractivity contribution in [2.24, 2.45) is 0 Å². The number of hydrogen-bond donors (Lipinski definition) is 1. The molecular weight excluding hydrogens is 460 g/mol. The minimum atomic E-state index is -3.88. The van der Waals surface area contributed by atoms with Gasteiger partial charge in [0, 0.05) is 46.3 Å². The number of nitrogens with one attached hydrogen (secondary N) is 1. The summed E-state index contributed by atoms with van der Waals surface area (Å²) in [6.07, 6.45) is 5.20. The molecule has 1 aliphatic carbocycles. The maximum atomic E-state index is 13.1. The van der Waals surface area contributed by atoms with Gasteiger partial charge in [-0.05, 0) is 49.2 Å². The Morgan fingerprint density at radius 1 is 0.818 bits per heavy atom. The second kappa shape index (κ2) is 9.61. The molecule has 4 rings (SSSR count). The Labute approximate surface area is 197 Å². The van der Waals surface area contributed by atoms with Crippen molar-refractivity contribution in [2.75, 3.05) is 49.9 Å². The summed E-state index contributed by atoms with van der Waals surface area (Å²) in [6, 6.07) is 13.4. The molecule has 1 saturated carbocycles. The van der Waals surface area contributed by atoms with Gasteiger partial charge in [-0.2, -0.15) is 0 Å². The van der Waals surface area contributed by atoms with E-state index in [2.05, 4.69) is 14.5 Å². The zero-order chi connectivity index (χ0) is 23.6. The van der Waals surface area contributed by atoms with Gasteiger partial charge in [0.15, 0.2) is 0 Å². The average molecular weight is 493 g/mol. The Bertz CT molecular complexity index is 1170. The van der Waals surface area contributed by atoms with Gasteiger partial charge in [-0.25, -0.2) is 21.1 Å². The lowest BCUT2D eigenvalue weighted by Crippen LogP contribution is -2.49. The third-order valence-corrected chi connectivity index (χ3v) is 9.77. The van der Waals surface area contributed by atoms with E-state index in [0.717, 1.165) is 36.2 Å². The zero-order valence-corrected chi connectivity index (χ0v) is 20.8. The van der Waals surface area contributed by atoms with Crippen molar-refractivity contribution in [1.29, 1.82) is 0 Å². The molecule has 0 bridgehead atoms. The smallest absolute Gasteiger partial charge is 0.261 e. The number of nitrogens with zero attached hydrogens (tertiary/aromatic N) is 3. The maximum Gasteiger partial charge on any atom is 0.261 e. The Hall–Kier alpha value is -2.14. The zero-order valence-electron chi connectivity index (χ0n) is 19.1. The van der Waals surface area contributed by atoms with Crippen LogP contribution in [0.2, 0.25) is 0 Å². The van der Waals surface area contributed by atoms with E-state index in [1.807, 2.05) is 18.2 Å². The van der Waals surface area contributed by atoms with Gasteiger partial charge in [0.05, 0.1) is 21.2 Å². The van der Waals surface area contributed by atoms with E-state index < -0.39 is 20.0 Å². The molecule has 8 nitrogen and oxygen atoms in total. The molecule has 2 fully saturated rings. The Balaban J connectivity index is 1.49. The predicted octanol–water partition coefficient (Wildman–Crippen LogP) is 2.80. The predicted molar refractivity (Wildman–Crippen MR) is 131 cm³/mol. The number of rotatable bonds is 7. The Kier molecular flexibility index (Phi) is 6.99. The molecular formula is C23H32N4O4S2. The molecule has 2 aromatic carbocycles. The van der Waals surface area contributed by atoms with Crippen LogP contribution in [0.15, 0.2) is 58.3 Å². The number of benzene rings is 2. The van der Waals surface area contributed by atoms with Crippen LogP contribution >= 0.6 is 0 Å². The second-order valence-corrected chi connectivity index (χ2v) is 12.7. The van der Waals surface area contributed by atoms with E-state index in [1.165, 1.54) is 64.0 Å². The maximum absolute atomic E-state index is 13.1. The number of piperazine rings is 1. The van der Waals surface area contributed by atoms with Crippen LogP contribution < -0.4 is 9.62 Å². The standard InChI is InChI=1S/C23H32N4O4S2/c1-25(2)33(30,31)21-13-11-20(12-14-21)32(28,29)24-22-9-5-6-10-23(22)27-17-15-26(16-18-27)19-7-3-4-8-19/h5-6,9-14,19,24H,3-4,7-8,15-18H2,1-2H3. The lowest BCUT2D eigenvalue weighted by atomic mass is 10.1. The molecule has 2 aliphatic rings. The number of para-hydroxylation sites is 2. The van der Waals surface area contributed by atoms with Gasteiger partial charge < -0.3 is 4.90 Å². The minimum absolute atomic E-state index is 0.0149. The third kappa shape index (κ3) is 5.18. The van der Waals surface area contributed by atoms with Crippen LogP contribution in [-0.4, -0.2) is 72.4 Å². The van der Waals surface area contributed by atoms with Crippen LogP contribution in [0.3, 0.4) is 0 Å². The number of hydrogen-bond acceptors (Lipinski definition) is 6. The van der Waals surface area contributed by atoms with E-state index in [9.17, 15) is 16.8 Å². The summed E-state index contributed by atoms with van der Waals surface area (Å²) in [4.78, 5) is 4.86. The molecule has 0 aromatic heterocycles. The Morgan fingerprint density at radius 3 is 2.00 bits per heavy atom. The molecule has 2 aromatic rings. The molecule has 1 saturated heterocycles. The monoisotopic (exact) mass is 492 g/mol. The van der Waals surface area contributed by atoms with Crippen molar-refractivity contribution in [3.63, 3.8) is 0 Å². The first-order valence-corrected chi connectivity index (χ1v) is 14.2. The molecule has 0 unspecified atom stereocenters. The summed E-state index contributed by atoms with van der Waals surface area (Å²) in [5.74, 6) is 0. The minimum Gasteiger partial charge on any atom is -0.367 e. The fraction of sp³-hybridized carbons (Fsp3) is 0.478. The number of sulfonamides is 2. The van der Waals surface area contributed by atoms with E-state index in [4.69, 9.17) is 0 Å². The van der Waals surface area contributed by atoms with E-state index in [0.29, 0.717) is 11.7 Å². The largest absolute Gasteiger partial charge is 0.367 e. The van der Waals surface area contributed by atoms with Gasteiger partial charge >= 0.3 is 0 Å². The quantitative estimate of drug-likeness (QED) is 0.639. The second-order valence-electron chi connectivity index (χ2n) is 8.84. The molecule has 0 spiro atoms. The molecule has 33 heavy (non-hydrogen) atoms. The summed E-state index contributed by atoms with van der Waals surface area (Å²) in [6.45, 7) is 3.67. The van der Waals surface area contributed by atoms with E-state index >= 15 is 0 Å². The highest BCUT2D eigenvalue weighted by atomic mass is 32.2. The summed E-state index contributed by atoms with van der Waals surface area (Å²) in [5, 5.41) is 0. The third-order valence-electron chi connectivity index (χ3n) is 6.56. The van der Waals surface area contributed by atoms with E-state index in [-0.39, 0.29) is 9.79 Å². The van der Waals surface area contributed by atoms with Gasteiger partial charge in [-0.1, -0.05) is 25.0 Å². The summed E-state index contributed by atoms with van der Waals surface area (Å²) in [7, 11) is -4.63. The molecule has 1 aliphatic heterocycles. The average Bonchev–Trinajstić information content (AvgIpc) is 3.34. The first kappa shape index (κ1) is 24.0. The molecule has 0 atom stereocenters. The van der Waals surface area contributed by atoms with Gasteiger partial charge in [-0.3, -0.25) is 9.62 Å². The fourth-order valence-electron chi connectivity index (χ4n) is 4.64. The van der Waals surface area contributed by atoms with Crippen molar-refractivity contribution in [3.05, 3.63) is 48.5 Å². The van der Waals surface area contributed by atoms with Crippen molar-refractivity contribution < 1.29 is 16.8 Å². The SMILES string of the molecule is CN(C)S(=O)(=O)c1ccc(S(=O)(=O)Nc2ccccc2N2CCN(C3CCCC3)CC2)cc1. The summed E-state index contributed by atoms with van der Waals surface area (Å²) in [5.41, 5.74) is 1.38. The number of anilines is 2. The molecule has 0 radical (unpaired) electrons. The van der Waals surface area contributed by atoms with Crippen molar-refractivity contribution in [2.45, 2.75) is 41.5 Å². The van der Waals surface area contributed by atoms with Crippen LogP contribution in [0.25, 0.3) is 0 Å². The molecule has 1 N–H and O–H groups in total. The van der Waals surface area contributed by atoms with Gasteiger partial charge in [-0.15, -0.1) is 0 Å². The summed E-state index contributed by atoms with van der Waals surface area (Å²) < 4.78 is 54.4. The van der Waals surface area contributed by atoms with Crippen molar-refractivity contribution in [1.82, 2.24) is 9.21 Å². The topological polar surface area (TPSA) is 90.0 Å². The first-order valence-electron chi connectivity index (χ1n) is 11.3. The first-order chi connectivity index (χ1) is 15.7. The molecule has 180 valence electrons. The van der Waals surface area contributed by atoms with Crippen molar-refractivity contribution in [3.8, 4) is 0 Å². The van der Waals surface area contributed by atoms with Crippen LogP contribution in [-0.2, 0) is 20.0 Å². The Morgan fingerprint density at radius 2 is 1.39 bits per heavy atom. The highest BCUT2D eigenvalue weighted by molar-refractivity contribution is 7.92. The van der Waals surface area contributed by atoms with Crippen LogP contribution in [0.5, 0.6) is 0 Å². The highest BCUT2D eigenvalue weighted by Crippen LogP contribution is 2.31. The van der Waals surface area contributed by atoms with Gasteiger partial charge in [0.2, 0.25) is 10.0 Å². The lowest BCUT2D eigenvalue weighted by molar-refractivity contribution is 0.187. The fourth-order valence-corrected chi connectivity index (χ4v) is 6.61. The molecule has 0 amide bonds.